The third-order valence-corrected chi connectivity index (χ3v) is 3.66. The predicted molar refractivity (Wildman–Crippen MR) is 98.2 cm³/mol. The van der Waals surface area contributed by atoms with E-state index in [1.807, 2.05) is 0 Å². The van der Waals surface area contributed by atoms with E-state index in [0.29, 0.717) is 22.3 Å². The van der Waals surface area contributed by atoms with E-state index in [1.54, 1.807) is 48.5 Å². The second kappa shape index (κ2) is 7.06. The second-order valence-electron chi connectivity index (χ2n) is 5.68. The smallest absolute Gasteiger partial charge is 0.326 e. The predicted octanol–water partition coefficient (Wildman–Crippen LogP) is 1.29. The van der Waals surface area contributed by atoms with Crippen molar-refractivity contribution < 1.29 is 9.59 Å². The van der Waals surface area contributed by atoms with E-state index in [-0.39, 0.29) is 5.91 Å². The number of hydrogen-bond donors (Lipinski definition) is 3. The summed E-state index contributed by atoms with van der Waals surface area (Å²) in [5.41, 5.74) is 0.187. The number of amides is 2. The lowest BCUT2D eigenvalue weighted by molar-refractivity contribution is -0.117. The molecule has 0 saturated carbocycles. The maximum absolute atomic E-state index is 12.4. The van der Waals surface area contributed by atoms with Crippen LogP contribution in [0.3, 0.4) is 0 Å². The van der Waals surface area contributed by atoms with Crippen LogP contribution in [0.2, 0.25) is 0 Å². The molecule has 0 unspecified atom stereocenters. The molecule has 0 radical (unpaired) electrons. The molecule has 3 rings (SSSR count). The first kappa shape index (κ1) is 17.2. The van der Waals surface area contributed by atoms with E-state index in [9.17, 15) is 19.2 Å². The van der Waals surface area contributed by atoms with Crippen molar-refractivity contribution in [2.75, 3.05) is 10.6 Å². The summed E-state index contributed by atoms with van der Waals surface area (Å²) >= 11 is 0. The molecular weight excluding hydrogens is 336 g/mol. The fourth-order valence-electron chi connectivity index (χ4n) is 2.56. The number of anilines is 2. The Morgan fingerprint density at radius 1 is 1.00 bits per heavy atom. The summed E-state index contributed by atoms with van der Waals surface area (Å²) in [6.07, 6.45) is 0. The monoisotopic (exact) mass is 352 g/mol. The van der Waals surface area contributed by atoms with Crippen molar-refractivity contribution in [3.05, 3.63) is 69.4 Å². The number of rotatable bonds is 4. The van der Waals surface area contributed by atoms with Crippen LogP contribution in [-0.4, -0.2) is 21.4 Å². The minimum atomic E-state index is -0.657. The largest absolute Gasteiger partial charge is 0.329 e. The standard InChI is InChI=1S/C18H16N4O4/c1-11(23)19-12-5-4-6-13(9-12)20-16(24)10-22-17(25)14-7-2-3-8-15(14)21-18(22)26/h2-9H,10H2,1H3,(H,19,23)(H,20,24)(H,21,26). The highest BCUT2D eigenvalue weighted by Gasteiger charge is 2.11. The number of aromatic nitrogens is 2. The Balaban J connectivity index is 1.83. The lowest BCUT2D eigenvalue weighted by atomic mass is 10.2. The molecule has 2 amide bonds. The molecule has 0 spiro atoms. The van der Waals surface area contributed by atoms with E-state index >= 15 is 0 Å². The molecule has 0 fully saturated rings. The molecule has 132 valence electrons. The summed E-state index contributed by atoms with van der Waals surface area (Å²) in [6, 6.07) is 13.1. The van der Waals surface area contributed by atoms with Gasteiger partial charge in [-0.05, 0) is 30.3 Å². The van der Waals surface area contributed by atoms with Crippen LogP contribution in [0.5, 0.6) is 0 Å². The van der Waals surface area contributed by atoms with Crippen LogP contribution in [0, 0.1) is 0 Å². The van der Waals surface area contributed by atoms with Crippen LogP contribution in [0.4, 0.5) is 11.4 Å². The average molecular weight is 352 g/mol. The van der Waals surface area contributed by atoms with Crippen molar-refractivity contribution in [2.45, 2.75) is 13.5 Å². The van der Waals surface area contributed by atoms with Crippen LogP contribution in [0.25, 0.3) is 10.9 Å². The number of para-hydroxylation sites is 1. The second-order valence-corrected chi connectivity index (χ2v) is 5.68. The molecule has 26 heavy (non-hydrogen) atoms. The van der Waals surface area contributed by atoms with E-state index in [0.717, 1.165) is 4.57 Å². The Kier molecular flexibility index (Phi) is 4.66. The number of carbonyl (C=O) groups is 2. The van der Waals surface area contributed by atoms with Gasteiger partial charge in [0.1, 0.15) is 6.54 Å². The van der Waals surface area contributed by atoms with Gasteiger partial charge in [0, 0.05) is 18.3 Å². The molecule has 8 nitrogen and oxygen atoms in total. The summed E-state index contributed by atoms with van der Waals surface area (Å²) in [6.45, 7) is 0.951. The molecule has 3 aromatic rings. The lowest BCUT2D eigenvalue weighted by Gasteiger charge is -2.09. The minimum absolute atomic E-state index is 0.234. The van der Waals surface area contributed by atoms with Gasteiger partial charge < -0.3 is 15.6 Å². The first-order valence-corrected chi connectivity index (χ1v) is 7.83. The highest BCUT2D eigenvalue weighted by molar-refractivity contribution is 5.93. The van der Waals surface area contributed by atoms with Gasteiger partial charge >= 0.3 is 5.69 Å². The van der Waals surface area contributed by atoms with Gasteiger partial charge in [-0.25, -0.2) is 4.79 Å². The van der Waals surface area contributed by atoms with E-state index in [2.05, 4.69) is 15.6 Å². The maximum Gasteiger partial charge on any atom is 0.329 e. The molecule has 1 aromatic heterocycles. The number of nitrogens with zero attached hydrogens (tertiary/aromatic N) is 1. The topological polar surface area (TPSA) is 113 Å². The number of fused-ring (bicyclic) bond motifs is 1. The molecular formula is C18H16N4O4. The number of benzene rings is 2. The molecule has 0 aliphatic heterocycles. The van der Waals surface area contributed by atoms with Crippen molar-refractivity contribution in [1.29, 1.82) is 0 Å². The van der Waals surface area contributed by atoms with Gasteiger partial charge in [0.25, 0.3) is 5.56 Å². The van der Waals surface area contributed by atoms with Crippen LogP contribution >= 0.6 is 0 Å². The summed E-state index contributed by atoms with van der Waals surface area (Å²) in [5.74, 6) is -0.768. The normalized spacial score (nSPS) is 10.5. The Morgan fingerprint density at radius 3 is 2.42 bits per heavy atom. The first-order valence-electron chi connectivity index (χ1n) is 7.83. The average Bonchev–Trinajstić information content (AvgIpc) is 2.58. The first-order chi connectivity index (χ1) is 12.4. The van der Waals surface area contributed by atoms with E-state index in [4.69, 9.17) is 0 Å². The van der Waals surface area contributed by atoms with Gasteiger partial charge in [0.15, 0.2) is 0 Å². The third-order valence-electron chi connectivity index (χ3n) is 3.66. The van der Waals surface area contributed by atoms with Gasteiger partial charge in [0.05, 0.1) is 10.9 Å². The van der Waals surface area contributed by atoms with Gasteiger partial charge in [-0.1, -0.05) is 18.2 Å². The fraction of sp³-hybridized carbons (Fsp3) is 0.111. The Morgan fingerprint density at radius 2 is 1.69 bits per heavy atom. The number of carbonyl (C=O) groups excluding carboxylic acids is 2. The zero-order chi connectivity index (χ0) is 18.7. The summed E-state index contributed by atoms with van der Waals surface area (Å²) in [5, 5.41) is 5.54. The SMILES string of the molecule is CC(=O)Nc1cccc(NC(=O)Cn2c(=O)[nH]c3ccccc3c2=O)c1. The van der Waals surface area contributed by atoms with E-state index < -0.39 is 23.7 Å². The van der Waals surface area contributed by atoms with Crippen molar-refractivity contribution in [3.8, 4) is 0 Å². The van der Waals surface area contributed by atoms with E-state index in [1.165, 1.54) is 6.92 Å². The fourth-order valence-corrected chi connectivity index (χ4v) is 2.56. The van der Waals surface area contributed by atoms with Crippen LogP contribution in [0.1, 0.15) is 6.92 Å². The summed E-state index contributed by atoms with van der Waals surface area (Å²) < 4.78 is 0.843. The van der Waals surface area contributed by atoms with Crippen LogP contribution in [0.15, 0.2) is 58.1 Å². The quantitative estimate of drug-likeness (QED) is 0.656. The van der Waals surface area contributed by atoms with Gasteiger partial charge in [-0.15, -0.1) is 0 Å². The number of nitrogens with one attached hydrogen (secondary N) is 3. The lowest BCUT2D eigenvalue weighted by Crippen LogP contribution is -2.38. The Hall–Kier alpha value is -3.68. The van der Waals surface area contributed by atoms with Gasteiger partial charge in [-0.2, -0.15) is 0 Å². The van der Waals surface area contributed by atoms with Gasteiger partial charge in [0.2, 0.25) is 11.8 Å². The number of H-pyrrole nitrogens is 1. The maximum atomic E-state index is 12.4. The number of hydrogen-bond acceptors (Lipinski definition) is 4. The molecule has 0 aliphatic rings. The molecule has 3 N–H and O–H groups in total. The molecule has 2 aromatic carbocycles. The highest BCUT2D eigenvalue weighted by Crippen LogP contribution is 2.15. The molecule has 0 saturated heterocycles. The molecule has 0 aliphatic carbocycles. The minimum Gasteiger partial charge on any atom is -0.326 e. The Labute approximate surface area is 147 Å². The summed E-state index contributed by atoms with van der Waals surface area (Å²) in [7, 11) is 0. The van der Waals surface area contributed by atoms with Gasteiger partial charge in [-0.3, -0.25) is 19.0 Å². The van der Waals surface area contributed by atoms with Crippen molar-refractivity contribution >= 4 is 34.1 Å². The van der Waals surface area contributed by atoms with Crippen LogP contribution in [-0.2, 0) is 16.1 Å². The van der Waals surface area contributed by atoms with Crippen LogP contribution < -0.4 is 21.9 Å². The molecule has 0 bridgehead atoms. The van der Waals surface area contributed by atoms with Crippen molar-refractivity contribution in [3.63, 3.8) is 0 Å². The third kappa shape index (κ3) is 3.69. The zero-order valence-electron chi connectivity index (χ0n) is 13.9. The molecule has 1 heterocycles. The van der Waals surface area contributed by atoms with Crippen molar-refractivity contribution in [1.82, 2.24) is 9.55 Å². The number of aromatic amines is 1. The molecule has 0 atom stereocenters. The highest BCUT2D eigenvalue weighted by atomic mass is 16.2. The zero-order valence-corrected chi connectivity index (χ0v) is 13.9. The molecule has 8 heteroatoms. The van der Waals surface area contributed by atoms with Crippen molar-refractivity contribution in [2.24, 2.45) is 0 Å². The summed E-state index contributed by atoms with van der Waals surface area (Å²) in [4.78, 5) is 50.4. The Bertz CT molecular complexity index is 1110.